The molecule has 0 unspecified atom stereocenters. The summed E-state index contributed by atoms with van der Waals surface area (Å²) in [4.78, 5) is 25.8. The number of anilines is 2. The number of carbonyl (C=O) groups is 2. The van der Waals surface area contributed by atoms with Crippen molar-refractivity contribution in [2.24, 2.45) is 0 Å². The van der Waals surface area contributed by atoms with Gasteiger partial charge in [-0.1, -0.05) is 31.9 Å². The molecule has 0 bridgehead atoms. The average Bonchev–Trinajstić information content (AvgIpc) is 2.87. The smallest absolute Gasteiger partial charge is 0.321 e. The minimum atomic E-state index is -0.440. The molecule has 1 aromatic rings. The monoisotopic (exact) mass is 332 g/mol. The molecule has 6 heteroatoms. The first-order valence-electron chi connectivity index (χ1n) is 8.86. The van der Waals surface area contributed by atoms with Crippen LogP contribution in [-0.4, -0.2) is 38.1 Å². The summed E-state index contributed by atoms with van der Waals surface area (Å²) in [5, 5.41) is 8.11. The van der Waals surface area contributed by atoms with Crippen LogP contribution in [0.2, 0.25) is 0 Å². The van der Waals surface area contributed by atoms with Gasteiger partial charge in [0.05, 0.1) is 17.9 Å². The lowest BCUT2D eigenvalue weighted by atomic mass is 10.2. The molecule has 0 spiro atoms. The molecule has 3 amide bonds. The van der Waals surface area contributed by atoms with Gasteiger partial charge in [0.25, 0.3) is 0 Å². The molecule has 0 atom stereocenters. The van der Waals surface area contributed by atoms with Crippen LogP contribution >= 0.6 is 0 Å². The fourth-order valence-corrected chi connectivity index (χ4v) is 2.84. The fraction of sp³-hybridized carbons (Fsp3) is 0.556. The number of carbonyl (C=O) groups excluding carboxylic acids is 2. The molecule has 1 fully saturated rings. The number of urea groups is 1. The predicted octanol–water partition coefficient (Wildman–Crippen LogP) is 2.71. The highest BCUT2D eigenvalue weighted by atomic mass is 16.2. The summed E-state index contributed by atoms with van der Waals surface area (Å²) in [6, 6.07) is 7.59. The summed E-state index contributed by atoms with van der Waals surface area (Å²) >= 11 is 0. The first kappa shape index (κ1) is 18.1. The second kappa shape index (κ2) is 9.80. The van der Waals surface area contributed by atoms with E-state index in [2.05, 4.69) is 26.9 Å². The van der Waals surface area contributed by atoms with E-state index in [-0.39, 0.29) is 12.5 Å². The van der Waals surface area contributed by atoms with Crippen molar-refractivity contribution in [2.45, 2.75) is 39.0 Å². The summed E-state index contributed by atoms with van der Waals surface area (Å²) < 4.78 is 0. The van der Waals surface area contributed by atoms with Gasteiger partial charge in [0, 0.05) is 19.6 Å². The van der Waals surface area contributed by atoms with E-state index in [1.165, 1.54) is 25.7 Å². The Morgan fingerprint density at radius 2 is 1.79 bits per heavy atom. The van der Waals surface area contributed by atoms with Gasteiger partial charge >= 0.3 is 6.03 Å². The Morgan fingerprint density at radius 3 is 2.50 bits per heavy atom. The lowest BCUT2D eigenvalue weighted by Gasteiger charge is -2.25. The van der Waals surface area contributed by atoms with Crippen LogP contribution in [0.1, 0.15) is 39.0 Å². The molecule has 1 saturated heterocycles. The number of imide groups is 1. The maximum absolute atomic E-state index is 11.9. The molecule has 24 heavy (non-hydrogen) atoms. The third-order valence-corrected chi connectivity index (χ3v) is 4.08. The van der Waals surface area contributed by atoms with Crippen molar-refractivity contribution in [2.75, 3.05) is 36.4 Å². The number of hydrogen-bond acceptors (Lipinski definition) is 4. The molecular formula is C18H28N4O2. The number of rotatable bonds is 6. The summed E-state index contributed by atoms with van der Waals surface area (Å²) in [5.74, 6) is -0.339. The Kier molecular flexibility index (Phi) is 7.39. The van der Waals surface area contributed by atoms with Crippen LogP contribution in [0.3, 0.4) is 0 Å². The molecule has 1 aliphatic rings. The SMILES string of the molecule is CCCNC(=O)NC(=O)CNc1ccccc1N1CCCCCC1. The van der Waals surface area contributed by atoms with Gasteiger partial charge in [-0.3, -0.25) is 10.1 Å². The van der Waals surface area contributed by atoms with Gasteiger partial charge in [-0.15, -0.1) is 0 Å². The van der Waals surface area contributed by atoms with Gasteiger partial charge in [-0.05, 0) is 31.4 Å². The number of benzene rings is 1. The van der Waals surface area contributed by atoms with Gasteiger partial charge < -0.3 is 15.5 Å². The third kappa shape index (κ3) is 5.76. The molecule has 1 heterocycles. The maximum atomic E-state index is 11.9. The molecule has 0 saturated carbocycles. The number of amides is 3. The van der Waals surface area contributed by atoms with Crippen molar-refractivity contribution < 1.29 is 9.59 Å². The molecule has 0 aliphatic carbocycles. The second-order valence-electron chi connectivity index (χ2n) is 6.08. The topological polar surface area (TPSA) is 73.5 Å². The van der Waals surface area contributed by atoms with Crippen molar-refractivity contribution in [1.82, 2.24) is 10.6 Å². The van der Waals surface area contributed by atoms with Gasteiger partial charge in [0.2, 0.25) is 5.91 Å². The Hall–Kier alpha value is -2.24. The summed E-state index contributed by atoms with van der Waals surface area (Å²) in [6.45, 7) is 4.69. The van der Waals surface area contributed by atoms with Crippen molar-refractivity contribution in [3.8, 4) is 0 Å². The summed E-state index contributed by atoms with van der Waals surface area (Å²) in [7, 11) is 0. The van der Waals surface area contributed by atoms with Crippen molar-refractivity contribution in [1.29, 1.82) is 0 Å². The van der Waals surface area contributed by atoms with Crippen LogP contribution in [-0.2, 0) is 4.79 Å². The highest BCUT2D eigenvalue weighted by Crippen LogP contribution is 2.27. The van der Waals surface area contributed by atoms with Crippen LogP contribution < -0.4 is 20.9 Å². The van der Waals surface area contributed by atoms with Gasteiger partial charge in [-0.25, -0.2) is 4.79 Å². The normalized spacial score (nSPS) is 14.6. The van der Waals surface area contributed by atoms with E-state index in [4.69, 9.17) is 0 Å². The zero-order valence-electron chi connectivity index (χ0n) is 14.4. The summed E-state index contributed by atoms with van der Waals surface area (Å²) in [6.07, 6.45) is 5.80. The van der Waals surface area contributed by atoms with E-state index in [0.29, 0.717) is 6.54 Å². The highest BCUT2D eigenvalue weighted by Gasteiger charge is 2.14. The summed E-state index contributed by atoms with van der Waals surface area (Å²) in [5.41, 5.74) is 2.06. The van der Waals surface area contributed by atoms with E-state index in [9.17, 15) is 9.59 Å². The Bertz CT molecular complexity index is 540. The Labute approximate surface area is 144 Å². The molecule has 1 aliphatic heterocycles. The Balaban J connectivity index is 1.90. The first-order chi connectivity index (χ1) is 11.7. The van der Waals surface area contributed by atoms with E-state index in [1.807, 2.05) is 25.1 Å². The van der Waals surface area contributed by atoms with Gasteiger partial charge in [-0.2, -0.15) is 0 Å². The van der Waals surface area contributed by atoms with E-state index >= 15 is 0 Å². The quantitative estimate of drug-likeness (QED) is 0.749. The van der Waals surface area contributed by atoms with Gasteiger partial charge in [0.1, 0.15) is 0 Å². The lowest BCUT2D eigenvalue weighted by molar-refractivity contribution is -0.118. The van der Waals surface area contributed by atoms with Gasteiger partial charge in [0.15, 0.2) is 0 Å². The largest absolute Gasteiger partial charge is 0.374 e. The van der Waals surface area contributed by atoms with Crippen LogP contribution in [0.15, 0.2) is 24.3 Å². The molecular weight excluding hydrogens is 304 g/mol. The van der Waals surface area contributed by atoms with E-state index in [1.54, 1.807) is 0 Å². The minimum Gasteiger partial charge on any atom is -0.374 e. The number of hydrogen-bond donors (Lipinski definition) is 3. The standard InChI is InChI=1S/C18H28N4O2/c1-2-11-19-18(24)21-17(23)14-20-15-9-5-6-10-16(15)22-12-7-3-4-8-13-22/h5-6,9-10,20H,2-4,7-8,11-14H2,1H3,(H2,19,21,23,24). The van der Waals surface area contributed by atoms with Crippen molar-refractivity contribution >= 4 is 23.3 Å². The Morgan fingerprint density at radius 1 is 1.08 bits per heavy atom. The van der Waals surface area contributed by atoms with Crippen LogP contribution in [0.25, 0.3) is 0 Å². The lowest BCUT2D eigenvalue weighted by Crippen LogP contribution is -2.42. The molecule has 6 nitrogen and oxygen atoms in total. The molecule has 0 aromatic heterocycles. The highest BCUT2D eigenvalue weighted by molar-refractivity contribution is 5.96. The zero-order valence-corrected chi connectivity index (χ0v) is 14.4. The van der Waals surface area contributed by atoms with Crippen LogP contribution in [0.4, 0.5) is 16.2 Å². The minimum absolute atomic E-state index is 0.0738. The average molecular weight is 332 g/mol. The third-order valence-electron chi connectivity index (χ3n) is 4.08. The predicted molar refractivity (Wildman–Crippen MR) is 97.4 cm³/mol. The second-order valence-corrected chi connectivity index (χ2v) is 6.08. The molecule has 2 rings (SSSR count). The maximum Gasteiger partial charge on any atom is 0.321 e. The number of nitrogens with zero attached hydrogens (tertiary/aromatic N) is 1. The van der Waals surface area contributed by atoms with Crippen LogP contribution in [0, 0.1) is 0 Å². The molecule has 3 N–H and O–H groups in total. The zero-order chi connectivity index (χ0) is 17.2. The van der Waals surface area contributed by atoms with Crippen LogP contribution in [0.5, 0.6) is 0 Å². The molecule has 132 valence electrons. The van der Waals surface area contributed by atoms with E-state index in [0.717, 1.165) is 30.9 Å². The molecule has 1 aromatic carbocycles. The first-order valence-corrected chi connectivity index (χ1v) is 8.86. The molecule has 0 radical (unpaired) electrons. The van der Waals surface area contributed by atoms with Crippen molar-refractivity contribution in [3.63, 3.8) is 0 Å². The van der Waals surface area contributed by atoms with E-state index < -0.39 is 6.03 Å². The number of para-hydroxylation sites is 2. The van der Waals surface area contributed by atoms with Crippen molar-refractivity contribution in [3.05, 3.63) is 24.3 Å². The fourth-order valence-electron chi connectivity index (χ4n) is 2.84. The number of nitrogens with one attached hydrogen (secondary N) is 3.